The summed E-state index contributed by atoms with van der Waals surface area (Å²) in [5.74, 6) is 0.0510. The van der Waals surface area contributed by atoms with E-state index in [9.17, 15) is 4.79 Å². The number of hydrogen-bond donors (Lipinski definition) is 1. The molecule has 1 heterocycles. The molecule has 0 bridgehead atoms. The molecular formula is C16H24N2O3. The quantitative estimate of drug-likeness (QED) is 0.643. The Labute approximate surface area is 126 Å². The van der Waals surface area contributed by atoms with Crippen molar-refractivity contribution in [2.45, 2.75) is 25.9 Å². The molecule has 0 atom stereocenters. The number of carbonyl (C=O) groups excluding carboxylic acids is 1. The first-order valence-corrected chi connectivity index (χ1v) is 7.55. The topological polar surface area (TPSA) is 64.8 Å². The van der Waals surface area contributed by atoms with Crippen molar-refractivity contribution < 1.29 is 14.3 Å². The van der Waals surface area contributed by atoms with Crippen molar-refractivity contribution in [3.63, 3.8) is 0 Å². The SMILES string of the molecule is CCOCCOC1CCN(C(=O)c2cccc(N)c2)CC1. The van der Waals surface area contributed by atoms with Crippen molar-refractivity contribution in [1.82, 2.24) is 4.90 Å². The molecule has 2 N–H and O–H groups in total. The molecule has 2 rings (SSSR count). The maximum absolute atomic E-state index is 12.4. The normalized spacial score (nSPS) is 16.1. The zero-order valence-corrected chi connectivity index (χ0v) is 12.6. The number of benzene rings is 1. The van der Waals surface area contributed by atoms with Crippen LogP contribution in [0.4, 0.5) is 5.69 Å². The second kappa shape index (κ2) is 8.00. The molecule has 116 valence electrons. The van der Waals surface area contributed by atoms with Crippen molar-refractivity contribution in [2.24, 2.45) is 0 Å². The van der Waals surface area contributed by atoms with Crippen LogP contribution in [-0.2, 0) is 9.47 Å². The number of hydrogen-bond acceptors (Lipinski definition) is 4. The largest absolute Gasteiger partial charge is 0.399 e. The minimum atomic E-state index is 0.0510. The molecule has 1 amide bonds. The van der Waals surface area contributed by atoms with E-state index >= 15 is 0 Å². The lowest BCUT2D eigenvalue weighted by Gasteiger charge is -2.32. The lowest BCUT2D eigenvalue weighted by Crippen LogP contribution is -2.41. The minimum Gasteiger partial charge on any atom is -0.399 e. The van der Waals surface area contributed by atoms with E-state index in [2.05, 4.69) is 0 Å². The highest BCUT2D eigenvalue weighted by molar-refractivity contribution is 5.95. The van der Waals surface area contributed by atoms with Gasteiger partial charge in [-0.1, -0.05) is 6.07 Å². The van der Waals surface area contributed by atoms with Crippen molar-refractivity contribution in [1.29, 1.82) is 0 Å². The molecule has 0 saturated carbocycles. The van der Waals surface area contributed by atoms with Gasteiger partial charge in [-0.25, -0.2) is 0 Å². The number of nitrogen functional groups attached to an aromatic ring is 1. The highest BCUT2D eigenvalue weighted by atomic mass is 16.5. The van der Waals surface area contributed by atoms with Crippen LogP contribution in [0.3, 0.4) is 0 Å². The second-order valence-electron chi connectivity index (χ2n) is 5.18. The standard InChI is InChI=1S/C16H24N2O3/c1-2-20-10-11-21-15-6-8-18(9-7-15)16(19)13-4-3-5-14(17)12-13/h3-5,12,15H,2,6-11,17H2,1H3. The van der Waals surface area contributed by atoms with Crippen LogP contribution in [0.25, 0.3) is 0 Å². The Morgan fingerprint density at radius 2 is 2.10 bits per heavy atom. The van der Waals surface area contributed by atoms with Gasteiger partial charge in [0.2, 0.25) is 0 Å². The number of rotatable bonds is 6. The Hall–Kier alpha value is -1.59. The fraction of sp³-hybridized carbons (Fsp3) is 0.562. The monoisotopic (exact) mass is 292 g/mol. The van der Waals surface area contributed by atoms with Crippen LogP contribution in [0.1, 0.15) is 30.1 Å². The molecule has 1 aliphatic heterocycles. The van der Waals surface area contributed by atoms with Crippen molar-refractivity contribution in [3.8, 4) is 0 Å². The second-order valence-corrected chi connectivity index (χ2v) is 5.18. The number of ether oxygens (including phenoxy) is 2. The number of amides is 1. The lowest BCUT2D eigenvalue weighted by atomic mass is 10.1. The minimum absolute atomic E-state index is 0.0510. The van der Waals surface area contributed by atoms with Crippen molar-refractivity contribution in [3.05, 3.63) is 29.8 Å². The predicted octanol–water partition coefficient (Wildman–Crippen LogP) is 1.93. The van der Waals surface area contributed by atoms with Crippen LogP contribution in [0.15, 0.2) is 24.3 Å². The molecule has 5 heteroatoms. The Kier molecular flexibility index (Phi) is 6.02. The van der Waals surface area contributed by atoms with Gasteiger partial charge in [-0.3, -0.25) is 4.79 Å². The summed E-state index contributed by atoms with van der Waals surface area (Å²) >= 11 is 0. The van der Waals surface area contributed by atoms with Gasteiger partial charge in [0.05, 0.1) is 19.3 Å². The summed E-state index contributed by atoms with van der Waals surface area (Å²) in [6.07, 6.45) is 1.98. The van der Waals surface area contributed by atoms with Crippen molar-refractivity contribution in [2.75, 3.05) is 38.6 Å². The van der Waals surface area contributed by atoms with Gasteiger partial charge in [-0.05, 0) is 38.0 Å². The molecule has 1 fully saturated rings. The van der Waals surface area contributed by atoms with E-state index in [-0.39, 0.29) is 12.0 Å². The van der Waals surface area contributed by atoms with Gasteiger partial charge >= 0.3 is 0 Å². The summed E-state index contributed by atoms with van der Waals surface area (Å²) in [6.45, 7) is 5.41. The molecule has 1 saturated heterocycles. The highest BCUT2D eigenvalue weighted by Gasteiger charge is 2.23. The predicted molar refractivity (Wildman–Crippen MR) is 82.2 cm³/mol. The van der Waals surface area contributed by atoms with E-state index < -0.39 is 0 Å². The molecule has 0 aliphatic carbocycles. The zero-order valence-electron chi connectivity index (χ0n) is 12.6. The smallest absolute Gasteiger partial charge is 0.253 e. The number of piperidine rings is 1. The molecule has 1 aromatic rings. The average Bonchev–Trinajstić information content (AvgIpc) is 2.51. The number of anilines is 1. The Morgan fingerprint density at radius 3 is 2.76 bits per heavy atom. The van der Waals surface area contributed by atoms with Crippen LogP contribution in [-0.4, -0.2) is 49.8 Å². The third-order valence-corrected chi connectivity index (χ3v) is 3.65. The third kappa shape index (κ3) is 4.72. The fourth-order valence-electron chi connectivity index (χ4n) is 2.50. The molecule has 0 unspecified atom stereocenters. The molecule has 1 aliphatic rings. The van der Waals surface area contributed by atoms with Gasteiger partial charge in [0.15, 0.2) is 0 Å². The molecule has 0 aromatic heterocycles. The summed E-state index contributed by atoms with van der Waals surface area (Å²) in [6, 6.07) is 7.14. The molecule has 1 aromatic carbocycles. The molecule has 0 spiro atoms. The number of likely N-dealkylation sites (tertiary alicyclic amines) is 1. The van der Waals surface area contributed by atoms with Crippen LogP contribution < -0.4 is 5.73 Å². The summed E-state index contributed by atoms with van der Waals surface area (Å²) < 4.78 is 11.0. The molecule has 21 heavy (non-hydrogen) atoms. The zero-order chi connectivity index (χ0) is 15.1. The van der Waals surface area contributed by atoms with Crippen LogP contribution in [0.2, 0.25) is 0 Å². The third-order valence-electron chi connectivity index (χ3n) is 3.65. The van der Waals surface area contributed by atoms with E-state index in [4.69, 9.17) is 15.2 Å². The average molecular weight is 292 g/mol. The Bertz CT molecular complexity index is 457. The first-order chi connectivity index (χ1) is 10.2. The summed E-state index contributed by atoms with van der Waals surface area (Å²) in [5.41, 5.74) is 7.00. The van der Waals surface area contributed by atoms with Crippen LogP contribution in [0, 0.1) is 0 Å². The van der Waals surface area contributed by atoms with Crippen LogP contribution >= 0.6 is 0 Å². The fourth-order valence-corrected chi connectivity index (χ4v) is 2.50. The van der Waals surface area contributed by atoms with Gasteiger partial charge in [0, 0.05) is 30.9 Å². The number of nitrogens with zero attached hydrogens (tertiary/aromatic N) is 1. The molecular weight excluding hydrogens is 268 g/mol. The Morgan fingerprint density at radius 1 is 1.33 bits per heavy atom. The van der Waals surface area contributed by atoms with E-state index in [1.165, 1.54) is 0 Å². The first kappa shape index (κ1) is 15.8. The van der Waals surface area contributed by atoms with Gasteiger partial charge in [-0.15, -0.1) is 0 Å². The van der Waals surface area contributed by atoms with E-state index in [1.807, 2.05) is 24.0 Å². The van der Waals surface area contributed by atoms with Gasteiger partial charge in [0.1, 0.15) is 0 Å². The Balaban J connectivity index is 1.77. The number of nitrogens with two attached hydrogens (primary N) is 1. The van der Waals surface area contributed by atoms with E-state index in [1.54, 1.807) is 12.1 Å². The number of carbonyl (C=O) groups is 1. The summed E-state index contributed by atoms with van der Waals surface area (Å²) in [5, 5.41) is 0. The van der Waals surface area contributed by atoms with Gasteiger partial charge in [-0.2, -0.15) is 0 Å². The maximum atomic E-state index is 12.4. The summed E-state index contributed by atoms with van der Waals surface area (Å²) in [7, 11) is 0. The molecule has 5 nitrogen and oxygen atoms in total. The highest BCUT2D eigenvalue weighted by Crippen LogP contribution is 2.17. The summed E-state index contributed by atoms with van der Waals surface area (Å²) in [4.78, 5) is 14.2. The lowest BCUT2D eigenvalue weighted by molar-refractivity contribution is -0.0182. The molecule has 0 radical (unpaired) electrons. The van der Waals surface area contributed by atoms with E-state index in [0.29, 0.717) is 24.5 Å². The van der Waals surface area contributed by atoms with Crippen LogP contribution in [0.5, 0.6) is 0 Å². The van der Waals surface area contributed by atoms with Gasteiger partial charge in [0.25, 0.3) is 5.91 Å². The van der Waals surface area contributed by atoms with E-state index in [0.717, 1.165) is 32.5 Å². The van der Waals surface area contributed by atoms with Gasteiger partial charge < -0.3 is 20.1 Å². The first-order valence-electron chi connectivity index (χ1n) is 7.55. The maximum Gasteiger partial charge on any atom is 0.253 e. The van der Waals surface area contributed by atoms with Crippen molar-refractivity contribution >= 4 is 11.6 Å².